The van der Waals surface area contributed by atoms with Gasteiger partial charge < -0.3 is 14.8 Å². The molecule has 0 aliphatic heterocycles. The summed E-state index contributed by atoms with van der Waals surface area (Å²) in [4.78, 5) is 11.6. The fourth-order valence-electron chi connectivity index (χ4n) is 2.24. The maximum absolute atomic E-state index is 12.5. The minimum atomic E-state index is -4.86. The van der Waals surface area contributed by atoms with Crippen LogP contribution in [0.3, 0.4) is 0 Å². The second kappa shape index (κ2) is 8.21. The summed E-state index contributed by atoms with van der Waals surface area (Å²) in [5.41, 5.74) is 0.271. The molecule has 1 heterocycles. The smallest absolute Gasteiger partial charge is 0.444 e. The number of halogens is 3. The molecule has 0 aliphatic rings. The molecule has 2 aromatic rings. The number of hydrogen-bond donors (Lipinski definition) is 1. The molecule has 1 aromatic carbocycles. The Morgan fingerprint density at radius 1 is 1.25 bits per heavy atom. The number of carbonyl (C=O) groups is 1. The molecule has 0 unspecified atom stereocenters. The zero-order chi connectivity index (χ0) is 20.9. The van der Waals surface area contributed by atoms with Crippen LogP contribution < -0.4 is 10.1 Å². The van der Waals surface area contributed by atoms with E-state index in [-0.39, 0.29) is 12.1 Å². The third-order valence-electron chi connectivity index (χ3n) is 3.24. The number of aromatic nitrogens is 2. The summed E-state index contributed by atoms with van der Waals surface area (Å²) in [5.74, 6) is -0.485. The average Bonchev–Trinajstić information content (AvgIpc) is 3.00. The van der Waals surface area contributed by atoms with Crippen molar-refractivity contribution in [3.8, 4) is 22.9 Å². The van der Waals surface area contributed by atoms with Crippen LogP contribution in [0, 0.1) is 11.3 Å². The van der Waals surface area contributed by atoms with E-state index in [1.165, 1.54) is 23.0 Å². The van der Waals surface area contributed by atoms with E-state index in [4.69, 9.17) is 10.00 Å². The van der Waals surface area contributed by atoms with E-state index in [0.29, 0.717) is 17.7 Å². The first-order valence-electron chi connectivity index (χ1n) is 8.26. The molecule has 28 heavy (non-hydrogen) atoms. The van der Waals surface area contributed by atoms with E-state index < -0.39 is 23.8 Å². The van der Waals surface area contributed by atoms with E-state index in [1.54, 1.807) is 33.0 Å². The zero-order valence-corrected chi connectivity index (χ0v) is 15.5. The Labute approximate surface area is 159 Å². The van der Waals surface area contributed by atoms with Gasteiger partial charge in [-0.05, 0) is 44.5 Å². The number of benzene rings is 1. The van der Waals surface area contributed by atoms with Gasteiger partial charge in [-0.2, -0.15) is 10.4 Å². The lowest BCUT2D eigenvalue weighted by atomic mass is 10.1. The fraction of sp³-hybridized carbons (Fsp3) is 0.389. The van der Waals surface area contributed by atoms with E-state index in [0.717, 1.165) is 6.07 Å². The summed E-state index contributed by atoms with van der Waals surface area (Å²) in [7, 11) is 0. The van der Waals surface area contributed by atoms with E-state index >= 15 is 0 Å². The van der Waals surface area contributed by atoms with Crippen LogP contribution in [0.2, 0.25) is 0 Å². The van der Waals surface area contributed by atoms with E-state index in [1.807, 2.05) is 0 Å². The molecular formula is C18H19F3N4O3. The third kappa shape index (κ3) is 6.83. The summed E-state index contributed by atoms with van der Waals surface area (Å²) in [6.45, 7) is 5.81. The topological polar surface area (TPSA) is 89.2 Å². The first kappa shape index (κ1) is 21.1. The average molecular weight is 396 g/mol. The summed E-state index contributed by atoms with van der Waals surface area (Å²) in [6.07, 6.45) is -2.38. The number of nitrogens with zero attached hydrogens (tertiary/aromatic N) is 3. The van der Waals surface area contributed by atoms with Gasteiger partial charge in [0.2, 0.25) is 0 Å². The van der Waals surface area contributed by atoms with Crippen LogP contribution in [0.25, 0.3) is 11.1 Å². The van der Waals surface area contributed by atoms with Gasteiger partial charge in [-0.3, -0.25) is 4.68 Å². The maximum Gasteiger partial charge on any atom is 0.573 e. The van der Waals surface area contributed by atoms with Crippen molar-refractivity contribution in [2.75, 3.05) is 6.54 Å². The van der Waals surface area contributed by atoms with Crippen LogP contribution in [-0.4, -0.2) is 34.4 Å². The highest BCUT2D eigenvalue weighted by atomic mass is 19.4. The monoisotopic (exact) mass is 396 g/mol. The first-order valence-corrected chi connectivity index (χ1v) is 8.26. The molecule has 7 nitrogen and oxygen atoms in total. The van der Waals surface area contributed by atoms with Gasteiger partial charge in [0.1, 0.15) is 11.4 Å². The second-order valence-corrected chi connectivity index (χ2v) is 6.83. The Morgan fingerprint density at radius 3 is 2.57 bits per heavy atom. The lowest BCUT2D eigenvalue weighted by Crippen LogP contribution is -2.34. The number of amides is 1. The Bertz CT molecular complexity index is 879. The molecule has 150 valence electrons. The predicted octanol–water partition coefficient (Wildman–Crippen LogP) is 3.85. The zero-order valence-electron chi connectivity index (χ0n) is 15.5. The van der Waals surface area contributed by atoms with Gasteiger partial charge >= 0.3 is 12.5 Å². The second-order valence-electron chi connectivity index (χ2n) is 6.83. The molecule has 0 fully saturated rings. The summed E-state index contributed by atoms with van der Waals surface area (Å²) >= 11 is 0. The van der Waals surface area contributed by atoms with Gasteiger partial charge in [-0.25, -0.2) is 4.79 Å². The highest BCUT2D eigenvalue weighted by Gasteiger charge is 2.31. The van der Waals surface area contributed by atoms with Crippen molar-refractivity contribution in [3.63, 3.8) is 0 Å². The number of rotatable bonds is 5. The number of hydrogen-bond acceptors (Lipinski definition) is 5. The van der Waals surface area contributed by atoms with Gasteiger partial charge in [0.25, 0.3) is 0 Å². The predicted molar refractivity (Wildman–Crippen MR) is 93.3 cm³/mol. The molecule has 1 N–H and O–H groups in total. The Morgan fingerprint density at radius 2 is 1.96 bits per heavy atom. The number of alkyl halides is 3. The third-order valence-corrected chi connectivity index (χ3v) is 3.24. The van der Waals surface area contributed by atoms with Crippen molar-refractivity contribution in [3.05, 3.63) is 36.2 Å². The van der Waals surface area contributed by atoms with Crippen LogP contribution >= 0.6 is 0 Å². The standard InChI is InChI=1S/C18H19F3N4O3/c1-17(2,3)28-16(26)23-4-5-25-11-14(10-24-25)13-6-12(9-22)7-15(8-13)27-18(19,20)21/h6-8,10-11H,4-5H2,1-3H3,(H,23,26). The van der Waals surface area contributed by atoms with Crippen LogP contribution in [-0.2, 0) is 11.3 Å². The van der Waals surface area contributed by atoms with Crippen molar-refractivity contribution in [2.45, 2.75) is 39.3 Å². The molecule has 0 bridgehead atoms. The van der Waals surface area contributed by atoms with Crippen LogP contribution in [0.1, 0.15) is 26.3 Å². The fourth-order valence-corrected chi connectivity index (χ4v) is 2.24. The molecule has 0 saturated carbocycles. The molecule has 0 atom stereocenters. The van der Waals surface area contributed by atoms with Gasteiger partial charge in [0.05, 0.1) is 24.4 Å². The van der Waals surface area contributed by atoms with Gasteiger partial charge in [0, 0.05) is 18.3 Å². The Hall–Kier alpha value is -3.22. The lowest BCUT2D eigenvalue weighted by Gasteiger charge is -2.19. The molecule has 1 aromatic heterocycles. The van der Waals surface area contributed by atoms with Gasteiger partial charge in [-0.1, -0.05) is 0 Å². The highest BCUT2D eigenvalue weighted by molar-refractivity contribution is 5.67. The lowest BCUT2D eigenvalue weighted by molar-refractivity contribution is -0.274. The molecule has 0 saturated heterocycles. The molecule has 10 heteroatoms. The number of carbonyl (C=O) groups excluding carboxylic acids is 1. The van der Waals surface area contributed by atoms with Gasteiger partial charge in [-0.15, -0.1) is 13.2 Å². The van der Waals surface area contributed by atoms with Crippen molar-refractivity contribution < 1.29 is 27.4 Å². The molecule has 0 aliphatic carbocycles. The molecule has 0 spiro atoms. The SMILES string of the molecule is CC(C)(C)OC(=O)NCCn1cc(-c2cc(C#N)cc(OC(F)(F)F)c2)cn1. The number of ether oxygens (including phenoxy) is 2. The van der Waals surface area contributed by atoms with Crippen LogP contribution in [0.4, 0.5) is 18.0 Å². The van der Waals surface area contributed by atoms with Gasteiger partial charge in [0.15, 0.2) is 0 Å². The van der Waals surface area contributed by atoms with Crippen LogP contribution in [0.5, 0.6) is 5.75 Å². The van der Waals surface area contributed by atoms with E-state index in [2.05, 4.69) is 15.2 Å². The first-order chi connectivity index (χ1) is 12.9. The Kier molecular flexibility index (Phi) is 6.18. The molecule has 1 amide bonds. The Balaban J connectivity index is 2.06. The molecular weight excluding hydrogens is 377 g/mol. The summed E-state index contributed by atoms with van der Waals surface area (Å²) < 4.78 is 47.9. The summed E-state index contributed by atoms with van der Waals surface area (Å²) in [5, 5.41) is 15.7. The number of nitriles is 1. The highest BCUT2D eigenvalue weighted by Crippen LogP contribution is 2.29. The van der Waals surface area contributed by atoms with Crippen molar-refractivity contribution in [2.24, 2.45) is 0 Å². The number of nitrogens with one attached hydrogen (secondary N) is 1. The quantitative estimate of drug-likeness (QED) is 0.829. The minimum Gasteiger partial charge on any atom is -0.444 e. The van der Waals surface area contributed by atoms with Crippen molar-refractivity contribution >= 4 is 6.09 Å². The number of alkyl carbamates (subject to hydrolysis) is 1. The summed E-state index contributed by atoms with van der Waals surface area (Å²) in [6, 6.07) is 5.41. The van der Waals surface area contributed by atoms with Crippen molar-refractivity contribution in [1.29, 1.82) is 5.26 Å². The van der Waals surface area contributed by atoms with Crippen molar-refractivity contribution in [1.82, 2.24) is 15.1 Å². The minimum absolute atomic E-state index is 0.0242. The van der Waals surface area contributed by atoms with Crippen LogP contribution in [0.15, 0.2) is 30.6 Å². The molecule has 2 rings (SSSR count). The molecule has 0 radical (unpaired) electrons. The normalized spacial score (nSPS) is 11.6. The maximum atomic E-state index is 12.5. The largest absolute Gasteiger partial charge is 0.573 e. The van der Waals surface area contributed by atoms with E-state index in [9.17, 15) is 18.0 Å².